The van der Waals surface area contributed by atoms with Crippen molar-refractivity contribution in [3.8, 4) is 0 Å². The average molecular weight is 148 g/mol. The average Bonchev–Trinajstić information content (AvgIpc) is 1.82. The fourth-order valence-electron chi connectivity index (χ4n) is 0.402. The zero-order chi connectivity index (χ0) is 8.15. The van der Waals surface area contributed by atoms with Crippen molar-refractivity contribution >= 4 is 11.9 Å². The minimum atomic E-state index is -1.17. The first-order valence-corrected chi connectivity index (χ1v) is 2.74. The highest BCUT2D eigenvalue weighted by Gasteiger charge is 2.12. The Morgan fingerprint density at radius 1 is 1.40 bits per heavy atom. The lowest BCUT2D eigenvalue weighted by Crippen LogP contribution is -2.30. The molecular formula is C5H9NO4. The van der Waals surface area contributed by atoms with Crippen LogP contribution in [-0.4, -0.2) is 28.2 Å². The van der Waals surface area contributed by atoms with Gasteiger partial charge in [-0.25, -0.2) is 0 Å². The number of carboxylic acids is 2. The molecule has 5 nitrogen and oxygen atoms in total. The molecule has 0 aliphatic carbocycles. The molecule has 0 rings (SSSR count). The molecule has 0 bridgehead atoms. The first-order chi connectivity index (χ1) is 4.54. The van der Waals surface area contributed by atoms with Crippen LogP contribution in [0, 0.1) is 0 Å². The molecule has 0 saturated heterocycles. The first-order valence-electron chi connectivity index (χ1n) is 2.74. The van der Waals surface area contributed by atoms with Gasteiger partial charge in [0.15, 0.2) is 0 Å². The van der Waals surface area contributed by atoms with Crippen LogP contribution in [-0.2, 0) is 9.59 Å². The minimum absolute atomic E-state index is 0.0231. The molecule has 0 amide bonds. The summed E-state index contributed by atoms with van der Waals surface area (Å²) >= 11 is 0. The molecule has 58 valence electrons. The van der Waals surface area contributed by atoms with E-state index in [2.05, 4.69) is 0 Å². The second kappa shape index (κ2) is 3.84. The van der Waals surface area contributed by atoms with Gasteiger partial charge in [-0.3, -0.25) is 9.59 Å². The topological polar surface area (TPSA) is 101 Å². The van der Waals surface area contributed by atoms with Crippen LogP contribution in [0.25, 0.3) is 0 Å². The fourth-order valence-corrected chi connectivity index (χ4v) is 0.402. The summed E-state index contributed by atoms with van der Waals surface area (Å²) in [6.45, 7) is 0. The maximum Gasteiger partial charge on any atom is 0.320 e. The number of nitrogens with two attached hydrogens (primary N) is 1. The van der Waals surface area contributed by atoms with Crippen LogP contribution in [0.15, 0.2) is 0 Å². The third-order valence-electron chi connectivity index (χ3n) is 0.986. The van der Waals surface area contributed by atoms with E-state index < -0.39 is 18.0 Å². The summed E-state index contributed by atoms with van der Waals surface area (Å²) in [6.07, 6.45) is -0.224. The number of rotatable bonds is 4. The molecule has 0 saturated carbocycles. The number of aliphatic carboxylic acids is 2. The molecule has 0 aromatic rings. The van der Waals surface area contributed by atoms with E-state index in [9.17, 15) is 9.59 Å². The van der Waals surface area contributed by atoms with Crippen LogP contribution in [0.2, 0.25) is 0 Å². The smallest absolute Gasteiger partial charge is 0.320 e. The highest BCUT2D eigenvalue weighted by Crippen LogP contribution is 1.93. The molecule has 1 atom stereocenters. The highest BCUT2D eigenvalue weighted by atomic mass is 16.5. The van der Waals surface area contributed by atoms with Crippen molar-refractivity contribution in [3.05, 3.63) is 0 Å². The summed E-state index contributed by atoms with van der Waals surface area (Å²) in [7, 11) is 0. The summed E-state index contributed by atoms with van der Waals surface area (Å²) in [6, 6.07) is -1.06. The highest BCUT2D eigenvalue weighted by molar-refractivity contribution is 5.74. The normalized spacial score (nSPS) is 12.5. The first kappa shape index (κ1) is 8.90. The standard InChI is InChI=1S/C5H9NO4/c6-3(5(9)10)1-2-4(7)8/h3H,1-2,6H2,(H,7,8)(H,9,10)/i4+1. The maximum atomic E-state index is 9.99. The molecule has 10 heavy (non-hydrogen) atoms. The maximum absolute atomic E-state index is 9.99. The van der Waals surface area contributed by atoms with E-state index >= 15 is 0 Å². The van der Waals surface area contributed by atoms with Crippen molar-refractivity contribution in [2.45, 2.75) is 18.9 Å². The van der Waals surface area contributed by atoms with Crippen LogP contribution in [0.5, 0.6) is 0 Å². The van der Waals surface area contributed by atoms with Crippen LogP contribution in [0.1, 0.15) is 12.8 Å². The third-order valence-corrected chi connectivity index (χ3v) is 0.986. The molecule has 0 aliphatic heterocycles. The number of carbonyl (C=O) groups is 2. The van der Waals surface area contributed by atoms with Gasteiger partial charge in [0, 0.05) is 6.42 Å². The fraction of sp³-hybridized carbons (Fsp3) is 0.600. The quantitative estimate of drug-likeness (QED) is 0.456. The molecule has 5 heteroatoms. The molecular weight excluding hydrogens is 139 g/mol. The third kappa shape index (κ3) is 3.85. The Bertz CT molecular complexity index is 145. The summed E-state index contributed by atoms with van der Waals surface area (Å²) in [5, 5.41) is 16.3. The Kier molecular flexibility index (Phi) is 3.42. The predicted molar refractivity (Wildman–Crippen MR) is 32.5 cm³/mol. The molecule has 1 unspecified atom stereocenters. The Balaban J connectivity index is 3.49. The van der Waals surface area contributed by atoms with E-state index in [1.165, 1.54) is 0 Å². The summed E-state index contributed by atoms with van der Waals surface area (Å²) in [4.78, 5) is 19.9. The van der Waals surface area contributed by atoms with Gasteiger partial charge < -0.3 is 15.9 Å². The van der Waals surface area contributed by atoms with E-state index in [0.29, 0.717) is 0 Å². The van der Waals surface area contributed by atoms with Gasteiger partial charge in [-0.05, 0) is 6.42 Å². The van der Waals surface area contributed by atoms with Gasteiger partial charge in [-0.2, -0.15) is 0 Å². The number of carboxylic acid groups (broad SMARTS) is 2. The molecule has 0 heterocycles. The lowest BCUT2D eigenvalue weighted by atomic mass is 10.2. The molecule has 0 aromatic carbocycles. The molecule has 0 aromatic heterocycles. The SMILES string of the molecule is NC(CC[13C](=O)O)C(=O)O. The van der Waals surface area contributed by atoms with Gasteiger partial charge in [-0.15, -0.1) is 0 Å². The number of hydrogen-bond acceptors (Lipinski definition) is 3. The molecule has 0 spiro atoms. The van der Waals surface area contributed by atoms with Crippen molar-refractivity contribution < 1.29 is 19.8 Å². The Labute approximate surface area is 57.5 Å². The Hall–Kier alpha value is -1.10. The van der Waals surface area contributed by atoms with Crippen molar-refractivity contribution in [2.75, 3.05) is 0 Å². The van der Waals surface area contributed by atoms with Gasteiger partial charge in [0.05, 0.1) is 0 Å². The van der Waals surface area contributed by atoms with Gasteiger partial charge in [0.25, 0.3) is 0 Å². The molecule has 4 N–H and O–H groups in total. The second-order valence-corrected chi connectivity index (χ2v) is 1.88. The predicted octanol–water partition coefficient (Wildman–Crippen LogP) is -0.737. The van der Waals surface area contributed by atoms with Crippen LogP contribution in [0.3, 0.4) is 0 Å². The van der Waals surface area contributed by atoms with Gasteiger partial charge >= 0.3 is 11.9 Å². The monoisotopic (exact) mass is 148 g/mol. The Morgan fingerprint density at radius 3 is 2.20 bits per heavy atom. The zero-order valence-electron chi connectivity index (χ0n) is 5.28. The van der Waals surface area contributed by atoms with E-state index in [-0.39, 0.29) is 12.8 Å². The van der Waals surface area contributed by atoms with Gasteiger partial charge in [0.1, 0.15) is 6.04 Å². The minimum Gasteiger partial charge on any atom is -0.481 e. The van der Waals surface area contributed by atoms with Gasteiger partial charge in [0.2, 0.25) is 0 Å². The van der Waals surface area contributed by atoms with Crippen molar-refractivity contribution in [1.29, 1.82) is 0 Å². The van der Waals surface area contributed by atoms with Crippen LogP contribution < -0.4 is 5.73 Å². The van der Waals surface area contributed by atoms with E-state index in [4.69, 9.17) is 15.9 Å². The van der Waals surface area contributed by atoms with E-state index in [1.807, 2.05) is 0 Å². The van der Waals surface area contributed by atoms with Crippen LogP contribution >= 0.6 is 0 Å². The van der Waals surface area contributed by atoms with Crippen molar-refractivity contribution in [1.82, 2.24) is 0 Å². The summed E-state index contributed by atoms with van der Waals surface area (Å²) in [5.74, 6) is -2.20. The largest absolute Gasteiger partial charge is 0.481 e. The molecule has 0 fully saturated rings. The Morgan fingerprint density at radius 2 is 1.90 bits per heavy atom. The van der Waals surface area contributed by atoms with Crippen molar-refractivity contribution in [3.63, 3.8) is 0 Å². The summed E-state index contributed by atoms with van der Waals surface area (Å²) < 4.78 is 0. The second-order valence-electron chi connectivity index (χ2n) is 1.88. The van der Waals surface area contributed by atoms with E-state index in [1.54, 1.807) is 0 Å². The number of hydrogen-bond donors (Lipinski definition) is 3. The van der Waals surface area contributed by atoms with Crippen molar-refractivity contribution in [2.24, 2.45) is 5.73 Å². The van der Waals surface area contributed by atoms with E-state index in [0.717, 1.165) is 0 Å². The van der Waals surface area contributed by atoms with Gasteiger partial charge in [-0.1, -0.05) is 0 Å². The van der Waals surface area contributed by atoms with Crippen LogP contribution in [0.4, 0.5) is 0 Å². The zero-order valence-corrected chi connectivity index (χ0v) is 5.28. The lowest BCUT2D eigenvalue weighted by Gasteiger charge is -2.01. The molecule has 0 aliphatic rings. The summed E-state index contributed by atoms with van der Waals surface area (Å²) in [5.41, 5.74) is 5.00. The lowest BCUT2D eigenvalue weighted by molar-refractivity contribution is -0.139. The molecule has 0 radical (unpaired) electrons.